The highest BCUT2D eigenvalue weighted by Crippen LogP contribution is 2.28. The smallest absolute Gasteiger partial charge is 0.227 e. The maximum absolute atomic E-state index is 4.58. The van der Waals surface area contributed by atoms with E-state index in [9.17, 15) is 0 Å². The summed E-state index contributed by atoms with van der Waals surface area (Å²) in [5, 5.41) is 4.26. The number of rotatable bonds is 3. The number of aryl methyl sites for hydroxylation is 2. The van der Waals surface area contributed by atoms with Gasteiger partial charge in [0.1, 0.15) is 0 Å². The summed E-state index contributed by atoms with van der Waals surface area (Å²) in [5.41, 5.74) is 2.84. The Labute approximate surface area is 135 Å². The highest BCUT2D eigenvalue weighted by Gasteiger charge is 2.10. The van der Waals surface area contributed by atoms with Crippen molar-refractivity contribution >= 4 is 38.9 Å². The standard InChI is InChI=1S/C15H13BrN4S/c1-9-14(21-10(2)18-9)13-6-7-17-15(20-13)19-12-5-3-4-11(16)8-12/h3-8H,1-2H3,(H,17,19,20). The lowest BCUT2D eigenvalue weighted by atomic mass is 10.3. The third-order valence-electron chi connectivity index (χ3n) is 2.87. The minimum absolute atomic E-state index is 0.580. The SMILES string of the molecule is Cc1nc(C)c(-c2ccnc(Nc3cccc(Br)c3)n2)s1. The molecule has 0 unspecified atom stereocenters. The van der Waals surface area contributed by atoms with E-state index in [0.29, 0.717) is 5.95 Å². The molecule has 6 heteroatoms. The maximum atomic E-state index is 4.58. The molecular formula is C15H13BrN4S. The zero-order valence-corrected chi connectivity index (χ0v) is 14.0. The summed E-state index contributed by atoms with van der Waals surface area (Å²) in [7, 11) is 0. The van der Waals surface area contributed by atoms with E-state index >= 15 is 0 Å². The molecule has 4 nitrogen and oxygen atoms in total. The quantitative estimate of drug-likeness (QED) is 0.733. The van der Waals surface area contributed by atoms with Gasteiger partial charge in [0.05, 0.1) is 21.3 Å². The molecule has 0 atom stereocenters. The number of hydrogen-bond acceptors (Lipinski definition) is 5. The van der Waals surface area contributed by atoms with Crippen molar-refractivity contribution in [1.29, 1.82) is 0 Å². The fraction of sp³-hybridized carbons (Fsp3) is 0.133. The summed E-state index contributed by atoms with van der Waals surface area (Å²) in [6.07, 6.45) is 1.76. The molecule has 0 saturated carbocycles. The lowest BCUT2D eigenvalue weighted by Crippen LogP contribution is -1.97. The minimum Gasteiger partial charge on any atom is -0.324 e. The number of benzene rings is 1. The Morgan fingerprint density at radius 1 is 1.14 bits per heavy atom. The molecule has 0 amide bonds. The monoisotopic (exact) mass is 360 g/mol. The number of hydrogen-bond donors (Lipinski definition) is 1. The number of halogens is 1. The van der Waals surface area contributed by atoms with Gasteiger partial charge in [0, 0.05) is 16.4 Å². The summed E-state index contributed by atoms with van der Waals surface area (Å²) in [5.74, 6) is 0.580. The minimum atomic E-state index is 0.580. The van der Waals surface area contributed by atoms with Crippen LogP contribution in [0.2, 0.25) is 0 Å². The van der Waals surface area contributed by atoms with Gasteiger partial charge in [-0.1, -0.05) is 22.0 Å². The first-order chi connectivity index (χ1) is 10.1. The number of anilines is 2. The fourth-order valence-corrected chi connectivity index (χ4v) is 3.30. The van der Waals surface area contributed by atoms with Crippen LogP contribution in [0.5, 0.6) is 0 Å². The molecule has 1 aromatic carbocycles. The zero-order chi connectivity index (χ0) is 14.8. The molecule has 0 aliphatic carbocycles. The number of nitrogens with one attached hydrogen (secondary N) is 1. The second kappa shape index (κ2) is 5.91. The van der Waals surface area contributed by atoms with Crippen LogP contribution in [0, 0.1) is 13.8 Å². The predicted molar refractivity (Wildman–Crippen MR) is 90.0 cm³/mol. The molecule has 0 spiro atoms. The summed E-state index contributed by atoms with van der Waals surface area (Å²) >= 11 is 5.10. The summed E-state index contributed by atoms with van der Waals surface area (Å²) < 4.78 is 1.01. The lowest BCUT2D eigenvalue weighted by molar-refractivity contribution is 1.16. The van der Waals surface area contributed by atoms with Gasteiger partial charge in [-0.25, -0.2) is 15.0 Å². The van der Waals surface area contributed by atoms with E-state index < -0.39 is 0 Å². The molecule has 106 valence electrons. The Hall–Kier alpha value is -1.79. The van der Waals surface area contributed by atoms with Crippen LogP contribution in [0.1, 0.15) is 10.7 Å². The predicted octanol–water partition coefficient (Wildman–Crippen LogP) is 4.72. The van der Waals surface area contributed by atoms with Gasteiger partial charge < -0.3 is 5.32 Å². The van der Waals surface area contributed by atoms with Gasteiger partial charge in [-0.15, -0.1) is 11.3 Å². The molecule has 2 aromatic heterocycles. The van der Waals surface area contributed by atoms with Crippen molar-refractivity contribution in [3.63, 3.8) is 0 Å². The van der Waals surface area contributed by atoms with Gasteiger partial charge in [-0.3, -0.25) is 0 Å². The Bertz CT molecular complexity index is 785. The van der Waals surface area contributed by atoms with E-state index in [1.165, 1.54) is 0 Å². The third-order valence-corrected chi connectivity index (χ3v) is 4.46. The highest BCUT2D eigenvalue weighted by atomic mass is 79.9. The van der Waals surface area contributed by atoms with E-state index in [4.69, 9.17) is 0 Å². The zero-order valence-electron chi connectivity index (χ0n) is 11.6. The summed E-state index contributed by atoms with van der Waals surface area (Å²) in [4.78, 5) is 14.4. The van der Waals surface area contributed by atoms with Crippen molar-refractivity contribution in [3.05, 3.63) is 51.7 Å². The van der Waals surface area contributed by atoms with Crippen molar-refractivity contribution in [2.24, 2.45) is 0 Å². The number of nitrogens with zero attached hydrogens (tertiary/aromatic N) is 3. The highest BCUT2D eigenvalue weighted by molar-refractivity contribution is 9.10. The molecule has 3 rings (SSSR count). The summed E-state index contributed by atoms with van der Waals surface area (Å²) in [6, 6.07) is 9.81. The van der Waals surface area contributed by atoms with Crippen molar-refractivity contribution in [3.8, 4) is 10.6 Å². The molecule has 0 aliphatic heterocycles. The second-order valence-corrected chi connectivity index (χ2v) is 6.67. The van der Waals surface area contributed by atoms with Crippen LogP contribution in [0.4, 0.5) is 11.6 Å². The van der Waals surface area contributed by atoms with Gasteiger partial charge in [-0.2, -0.15) is 0 Å². The van der Waals surface area contributed by atoms with E-state index in [-0.39, 0.29) is 0 Å². The van der Waals surface area contributed by atoms with Gasteiger partial charge >= 0.3 is 0 Å². The molecule has 0 aliphatic rings. The first-order valence-corrected chi connectivity index (χ1v) is 8.03. The van der Waals surface area contributed by atoms with Crippen LogP contribution in [0.25, 0.3) is 10.6 Å². The van der Waals surface area contributed by atoms with Crippen molar-refractivity contribution in [2.75, 3.05) is 5.32 Å². The van der Waals surface area contributed by atoms with E-state index in [0.717, 1.165) is 31.4 Å². The fourth-order valence-electron chi connectivity index (χ4n) is 2.01. The van der Waals surface area contributed by atoms with Crippen LogP contribution < -0.4 is 5.32 Å². The average molecular weight is 361 g/mol. The summed E-state index contributed by atoms with van der Waals surface area (Å²) in [6.45, 7) is 4.01. The van der Waals surface area contributed by atoms with Crippen LogP contribution in [-0.2, 0) is 0 Å². The van der Waals surface area contributed by atoms with Gasteiger partial charge in [-0.05, 0) is 38.1 Å². The normalized spacial score (nSPS) is 10.6. The molecule has 0 bridgehead atoms. The van der Waals surface area contributed by atoms with Gasteiger partial charge in [0.2, 0.25) is 5.95 Å². The molecule has 0 fully saturated rings. The number of thiazole rings is 1. The largest absolute Gasteiger partial charge is 0.324 e. The molecule has 2 heterocycles. The van der Waals surface area contributed by atoms with Crippen LogP contribution in [0.3, 0.4) is 0 Å². The Morgan fingerprint density at radius 3 is 2.71 bits per heavy atom. The molecule has 0 radical (unpaired) electrons. The van der Waals surface area contributed by atoms with E-state index in [1.54, 1.807) is 17.5 Å². The molecule has 1 N–H and O–H groups in total. The molecule has 3 aromatic rings. The second-order valence-electron chi connectivity index (χ2n) is 4.55. The van der Waals surface area contributed by atoms with E-state index in [1.807, 2.05) is 44.2 Å². The van der Waals surface area contributed by atoms with Gasteiger partial charge in [0.15, 0.2) is 0 Å². The van der Waals surface area contributed by atoms with Crippen molar-refractivity contribution in [1.82, 2.24) is 15.0 Å². The number of aromatic nitrogens is 3. The molecule has 0 saturated heterocycles. The molecular weight excluding hydrogens is 348 g/mol. The Kier molecular flexibility index (Phi) is 3.98. The first kappa shape index (κ1) is 14.2. The van der Waals surface area contributed by atoms with Crippen molar-refractivity contribution < 1.29 is 0 Å². The lowest BCUT2D eigenvalue weighted by Gasteiger charge is -2.06. The van der Waals surface area contributed by atoms with Gasteiger partial charge in [0.25, 0.3) is 0 Å². The third kappa shape index (κ3) is 3.28. The van der Waals surface area contributed by atoms with E-state index in [2.05, 4.69) is 36.2 Å². The van der Waals surface area contributed by atoms with Crippen LogP contribution in [-0.4, -0.2) is 15.0 Å². The maximum Gasteiger partial charge on any atom is 0.227 e. The Morgan fingerprint density at radius 2 is 2.00 bits per heavy atom. The topological polar surface area (TPSA) is 50.7 Å². The van der Waals surface area contributed by atoms with Crippen LogP contribution in [0.15, 0.2) is 41.0 Å². The Balaban J connectivity index is 1.92. The van der Waals surface area contributed by atoms with Crippen molar-refractivity contribution in [2.45, 2.75) is 13.8 Å². The van der Waals surface area contributed by atoms with Crippen LogP contribution >= 0.6 is 27.3 Å². The first-order valence-electron chi connectivity index (χ1n) is 6.42. The molecule has 21 heavy (non-hydrogen) atoms. The average Bonchev–Trinajstić information content (AvgIpc) is 2.78.